The van der Waals surface area contributed by atoms with E-state index in [4.69, 9.17) is 0 Å². The molecular formula is C17H27FN2O. The van der Waals surface area contributed by atoms with Crippen LogP contribution in [0.15, 0.2) is 12.1 Å². The number of anilines is 1. The number of halogens is 1. The molecule has 2 rings (SSSR count). The van der Waals surface area contributed by atoms with E-state index in [1.807, 2.05) is 13.0 Å². The Morgan fingerprint density at radius 3 is 2.67 bits per heavy atom. The lowest BCUT2D eigenvalue weighted by molar-refractivity contribution is 0.145. The number of hydrogen-bond acceptors (Lipinski definition) is 3. The minimum absolute atomic E-state index is 0.127. The molecule has 1 saturated heterocycles. The molecule has 0 amide bonds. The molecule has 3 nitrogen and oxygen atoms in total. The normalized spacial score (nSPS) is 18.0. The van der Waals surface area contributed by atoms with Crippen LogP contribution in [0.1, 0.15) is 50.3 Å². The predicted octanol–water partition coefficient (Wildman–Crippen LogP) is 3.16. The second-order valence-corrected chi connectivity index (χ2v) is 6.05. The molecule has 0 radical (unpaired) electrons. The summed E-state index contributed by atoms with van der Waals surface area (Å²) < 4.78 is 14.0. The molecule has 1 unspecified atom stereocenters. The van der Waals surface area contributed by atoms with E-state index in [1.165, 1.54) is 0 Å². The number of rotatable bonds is 5. The van der Waals surface area contributed by atoms with Gasteiger partial charge in [-0.1, -0.05) is 6.92 Å². The summed E-state index contributed by atoms with van der Waals surface area (Å²) in [7, 11) is 0. The number of aliphatic hydroxyl groups is 1. The lowest BCUT2D eigenvalue weighted by atomic mass is 9.99. The van der Waals surface area contributed by atoms with Crippen molar-refractivity contribution in [2.45, 2.75) is 52.2 Å². The summed E-state index contributed by atoms with van der Waals surface area (Å²) in [6, 6.07) is 3.75. The van der Waals surface area contributed by atoms with E-state index in [1.54, 1.807) is 6.07 Å². The van der Waals surface area contributed by atoms with Crippen LogP contribution in [0.5, 0.6) is 0 Å². The van der Waals surface area contributed by atoms with Gasteiger partial charge in [-0.15, -0.1) is 0 Å². The number of nitrogens with one attached hydrogen (secondary N) is 1. The molecule has 1 aromatic carbocycles. The van der Waals surface area contributed by atoms with Crippen LogP contribution >= 0.6 is 0 Å². The van der Waals surface area contributed by atoms with E-state index in [0.29, 0.717) is 5.56 Å². The first-order valence-electron chi connectivity index (χ1n) is 7.99. The molecule has 4 heteroatoms. The Hall–Kier alpha value is -1.13. The number of benzene rings is 1. The van der Waals surface area contributed by atoms with Crippen LogP contribution in [0.2, 0.25) is 0 Å². The molecule has 0 aromatic heterocycles. The Morgan fingerprint density at radius 2 is 2.05 bits per heavy atom. The first-order chi connectivity index (χ1) is 10.0. The van der Waals surface area contributed by atoms with Gasteiger partial charge in [0, 0.05) is 24.8 Å². The van der Waals surface area contributed by atoms with E-state index >= 15 is 0 Å². The van der Waals surface area contributed by atoms with Crippen molar-refractivity contribution in [3.05, 3.63) is 29.1 Å². The average Bonchev–Trinajstić information content (AvgIpc) is 2.48. The molecule has 21 heavy (non-hydrogen) atoms. The zero-order chi connectivity index (χ0) is 15.4. The number of aliphatic hydroxyl groups excluding tert-OH is 1. The van der Waals surface area contributed by atoms with Crippen molar-refractivity contribution in [1.82, 2.24) is 5.32 Å². The van der Waals surface area contributed by atoms with Crippen molar-refractivity contribution in [1.29, 1.82) is 0 Å². The second kappa shape index (κ2) is 7.23. The monoisotopic (exact) mass is 294 g/mol. The number of hydrogen-bond donors (Lipinski definition) is 2. The average molecular weight is 294 g/mol. The SMILES string of the molecule is CCCNC(C)c1cc(F)c(C)cc1N1CCC(O)CC1. The molecule has 1 aliphatic heterocycles. The van der Waals surface area contributed by atoms with E-state index in [9.17, 15) is 9.50 Å². The number of nitrogens with zero attached hydrogens (tertiary/aromatic N) is 1. The smallest absolute Gasteiger partial charge is 0.126 e. The highest BCUT2D eigenvalue weighted by molar-refractivity contribution is 5.57. The van der Waals surface area contributed by atoms with Gasteiger partial charge in [0.2, 0.25) is 0 Å². The van der Waals surface area contributed by atoms with Gasteiger partial charge < -0.3 is 15.3 Å². The first kappa shape index (κ1) is 16.2. The minimum Gasteiger partial charge on any atom is -0.393 e. The number of piperidine rings is 1. The van der Waals surface area contributed by atoms with Gasteiger partial charge >= 0.3 is 0 Å². The summed E-state index contributed by atoms with van der Waals surface area (Å²) in [5.74, 6) is -0.143. The maximum absolute atomic E-state index is 14.0. The van der Waals surface area contributed by atoms with Crippen LogP contribution in [0.4, 0.5) is 10.1 Å². The lowest BCUT2D eigenvalue weighted by Gasteiger charge is -2.34. The summed E-state index contributed by atoms with van der Waals surface area (Å²) in [6.45, 7) is 8.62. The van der Waals surface area contributed by atoms with Crippen molar-refractivity contribution < 1.29 is 9.50 Å². The first-order valence-corrected chi connectivity index (χ1v) is 7.99. The fraction of sp³-hybridized carbons (Fsp3) is 0.647. The zero-order valence-electron chi connectivity index (χ0n) is 13.3. The van der Waals surface area contributed by atoms with Crippen molar-refractivity contribution in [3.63, 3.8) is 0 Å². The van der Waals surface area contributed by atoms with E-state index in [-0.39, 0.29) is 18.0 Å². The Morgan fingerprint density at radius 1 is 1.38 bits per heavy atom. The third-order valence-corrected chi connectivity index (χ3v) is 4.28. The van der Waals surface area contributed by atoms with Gasteiger partial charge in [-0.2, -0.15) is 0 Å². The van der Waals surface area contributed by atoms with Crippen LogP contribution in [-0.4, -0.2) is 30.8 Å². The second-order valence-electron chi connectivity index (χ2n) is 6.05. The Kier molecular flexibility index (Phi) is 5.59. The van der Waals surface area contributed by atoms with Crippen LogP contribution in [-0.2, 0) is 0 Å². The van der Waals surface area contributed by atoms with E-state index in [2.05, 4.69) is 24.1 Å². The third kappa shape index (κ3) is 3.95. The molecule has 1 aromatic rings. The highest BCUT2D eigenvalue weighted by atomic mass is 19.1. The number of aryl methyl sites for hydroxylation is 1. The molecule has 1 aliphatic rings. The third-order valence-electron chi connectivity index (χ3n) is 4.28. The minimum atomic E-state index is -0.193. The van der Waals surface area contributed by atoms with Gasteiger partial charge in [0.15, 0.2) is 0 Å². The topological polar surface area (TPSA) is 35.5 Å². The zero-order valence-corrected chi connectivity index (χ0v) is 13.3. The molecule has 0 aliphatic carbocycles. The molecule has 0 spiro atoms. The maximum atomic E-state index is 14.0. The maximum Gasteiger partial charge on any atom is 0.126 e. The van der Waals surface area contributed by atoms with E-state index in [0.717, 1.165) is 50.1 Å². The summed E-state index contributed by atoms with van der Waals surface area (Å²) in [4.78, 5) is 2.28. The molecule has 1 heterocycles. The molecule has 0 bridgehead atoms. The van der Waals surface area contributed by atoms with Gasteiger partial charge in [0.05, 0.1) is 6.10 Å². The van der Waals surface area contributed by atoms with Crippen LogP contribution in [0.25, 0.3) is 0 Å². The largest absolute Gasteiger partial charge is 0.393 e. The van der Waals surface area contributed by atoms with Gasteiger partial charge in [-0.3, -0.25) is 0 Å². The fourth-order valence-electron chi connectivity index (χ4n) is 2.88. The highest BCUT2D eigenvalue weighted by Crippen LogP contribution is 2.31. The molecule has 118 valence electrons. The lowest BCUT2D eigenvalue weighted by Crippen LogP contribution is -2.37. The quantitative estimate of drug-likeness (QED) is 0.875. The van der Waals surface area contributed by atoms with Crippen molar-refractivity contribution in [3.8, 4) is 0 Å². The van der Waals surface area contributed by atoms with Crippen molar-refractivity contribution >= 4 is 5.69 Å². The van der Waals surface area contributed by atoms with Crippen molar-refractivity contribution in [2.75, 3.05) is 24.5 Å². The van der Waals surface area contributed by atoms with Gasteiger partial charge in [-0.05, 0) is 62.9 Å². The molecular weight excluding hydrogens is 267 g/mol. The summed E-state index contributed by atoms with van der Waals surface area (Å²) in [5, 5.41) is 13.1. The molecule has 1 fully saturated rings. The Labute approximate surface area is 127 Å². The van der Waals surface area contributed by atoms with Crippen LogP contribution < -0.4 is 10.2 Å². The summed E-state index contributed by atoms with van der Waals surface area (Å²) in [5.41, 5.74) is 2.81. The van der Waals surface area contributed by atoms with Crippen LogP contribution in [0, 0.1) is 12.7 Å². The molecule has 0 saturated carbocycles. The van der Waals surface area contributed by atoms with Gasteiger partial charge in [-0.25, -0.2) is 4.39 Å². The Balaban J connectivity index is 2.27. The standard InChI is InChI=1S/C17H27FN2O/c1-4-7-19-13(3)15-11-16(18)12(2)10-17(15)20-8-5-14(21)6-9-20/h10-11,13-14,19,21H,4-9H2,1-3H3. The van der Waals surface area contributed by atoms with Gasteiger partial charge in [0.1, 0.15) is 5.82 Å². The van der Waals surface area contributed by atoms with Crippen molar-refractivity contribution in [2.24, 2.45) is 0 Å². The van der Waals surface area contributed by atoms with Gasteiger partial charge in [0.25, 0.3) is 0 Å². The van der Waals surface area contributed by atoms with Crippen LogP contribution in [0.3, 0.4) is 0 Å². The predicted molar refractivity (Wildman–Crippen MR) is 85.3 cm³/mol. The highest BCUT2D eigenvalue weighted by Gasteiger charge is 2.22. The summed E-state index contributed by atoms with van der Waals surface area (Å²) in [6.07, 6.45) is 2.44. The Bertz CT molecular complexity index is 470. The molecule has 1 atom stereocenters. The molecule has 2 N–H and O–H groups in total. The van der Waals surface area contributed by atoms with E-state index < -0.39 is 0 Å². The summed E-state index contributed by atoms with van der Waals surface area (Å²) >= 11 is 0. The fourth-order valence-corrected chi connectivity index (χ4v) is 2.88.